The van der Waals surface area contributed by atoms with Gasteiger partial charge in [-0.2, -0.15) is 11.3 Å². The summed E-state index contributed by atoms with van der Waals surface area (Å²) in [7, 11) is 0. The van der Waals surface area contributed by atoms with Crippen molar-refractivity contribution in [3.05, 3.63) is 35.0 Å². The van der Waals surface area contributed by atoms with E-state index in [4.69, 9.17) is 18.9 Å². The molecular weight excluding hydrogens is 264 g/mol. The second-order valence-corrected chi connectivity index (χ2v) is 5.99. The van der Waals surface area contributed by atoms with E-state index in [-0.39, 0.29) is 24.6 Å². The molecule has 19 heavy (non-hydrogen) atoms. The van der Waals surface area contributed by atoms with Gasteiger partial charge in [0.25, 0.3) is 0 Å². The van der Waals surface area contributed by atoms with Gasteiger partial charge in [0.2, 0.25) is 0 Å². The lowest BCUT2D eigenvalue weighted by Crippen LogP contribution is -2.35. The van der Waals surface area contributed by atoms with Crippen molar-refractivity contribution < 1.29 is 18.9 Å². The Hall–Kier alpha value is -0.720. The summed E-state index contributed by atoms with van der Waals surface area (Å²) in [5, 5.41) is 4.11. The van der Waals surface area contributed by atoms with Gasteiger partial charge in [0.05, 0.1) is 6.61 Å². The van der Waals surface area contributed by atoms with Gasteiger partial charge in [0, 0.05) is 0 Å². The smallest absolute Gasteiger partial charge is 0.190 e. The molecule has 104 valence electrons. The van der Waals surface area contributed by atoms with Gasteiger partial charge in [0.1, 0.15) is 18.3 Å². The average molecular weight is 282 g/mol. The summed E-state index contributed by atoms with van der Waals surface area (Å²) in [5.41, 5.74) is 1.16. The molecule has 0 aromatic carbocycles. The van der Waals surface area contributed by atoms with E-state index in [2.05, 4.69) is 18.0 Å². The fraction of sp³-hybridized carbons (Fsp3) is 0.571. The highest BCUT2D eigenvalue weighted by atomic mass is 32.1. The number of rotatable bonds is 4. The van der Waals surface area contributed by atoms with Crippen molar-refractivity contribution in [2.45, 2.75) is 50.8 Å². The first kappa shape index (κ1) is 13.3. The average Bonchev–Trinajstić information content (AvgIpc) is 3.01. The van der Waals surface area contributed by atoms with Crippen LogP contribution in [0.25, 0.3) is 0 Å². The minimum Gasteiger partial charge on any atom is -0.368 e. The van der Waals surface area contributed by atoms with E-state index >= 15 is 0 Å². The highest BCUT2D eigenvalue weighted by Gasteiger charge is 2.54. The highest BCUT2D eigenvalue weighted by molar-refractivity contribution is 7.07. The molecule has 2 aliphatic rings. The molecule has 0 amide bonds. The van der Waals surface area contributed by atoms with Crippen LogP contribution in [0.2, 0.25) is 0 Å². The second kappa shape index (κ2) is 5.00. The summed E-state index contributed by atoms with van der Waals surface area (Å²) in [5.74, 6) is -0.620. The molecular formula is C14H18O4S. The van der Waals surface area contributed by atoms with Gasteiger partial charge in [0.15, 0.2) is 12.1 Å². The molecule has 0 radical (unpaired) electrons. The molecule has 4 nitrogen and oxygen atoms in total. The third-order valence-corrected chi connectivity index (χ3v) is 4.01. The Morgan fingerprint density at radius 3 is 3.00 bits per heavy atom. The standard InChI is InChI=1S/C14H18O4S/c1-4-10-11(15-7-9-5-6-19-8-9)12-13(16-10)18-14(2,3)17-12/h4-6,8,10-13H,1,7H2,2-3H3/t10-,11+,12-,13-/m1/s1. The molecule has 3 rings (SSSR count). The summed E-state index contributed by atoms with van der Waals surface area (Å²) < 4.78 is 23.3. The fourth-order valence-corrected chi connectivity index (χ4v) is 3.10. The molecule has 2 saturated heterocycles. The molecule has 5 heteroatoms. The third-order valence-electron chi connectivity index (χ3n) is 3.28. The zero-order valence-electron chi connectivity index (χ0n) is 11.1. The lowest BCUT2D eigenvalue weighted by atomic mass is 10.1. The van der Waals surface area contributed by atoms with Crippen molar-refractivity contribution in [3.63, 3.8) is 0 Å². The van der Waals surface area contributed by atoms with E-state index in [1.54, 1.807) is 17.4 Å². The Balaban J connectivity index is 1.68. The monoisotopic (exact) mass is 282 g/mol. The molecule has 0 aliphatic carbocycles. The molecule has 0 unspecified atom stereocenters. The Morgan fingerprint density at radius 1 is 1.47 bits per heavy atom. The van der Waals surface area contributed by atoms with E-state index in [1.165, 1.54) is 0 Å². The normalized spacial score (nSPS) is 36.3. The molecule has 0 N–H and O–H groups in total. The molecule has 4 atom stereocenters. The Morgan fingerprint density at radius 2 is 2.32 bits per heavy atom. The lowest BCUT2D eigenvalue weighted by Gasteiger charge is -2.24. The molecule has 2 fully saturated rings. The lowest BCUT2D eigenvalue weighted by molar-refractivity contribution is -0.213. The van der Waals surface area contributed by atoms with Crippen LogP contribution in [-0.2, 0) is 25.6 Å². The van der Waals surface area contributed by atoms with Crippen LogP contribution in [0.4, 0.5) is 0 Å². The maximum atomic E-state index is 5.96. The number of hydrogen-bond acceptors (Lipinski definition) is 5. The second-order valence-electron chi connectivity index (χ2n) is 5.21. The van der Waals surface area contributed by atoms with Crippen LogP contribution >= 0.6 is 11.3 Å². The quantitative estimate of drug-likeness (QED) is 0.796. The minimum absolute atomic E-state index is 0.177. The van der Waals surface area contributed by atoms with Gasteiger partial charge >= 0.3 is 0 Å². The van der Waals surface area contributed by atoms with Crippen LogP contribution < -0.4 is 0 Å². The summed E-state index contributed by atoms with van der Waals surface area (Å²) in [6.45, 7) is 8.10. The van der Waals surface area contributed by atoms with E-state index in [0.29, 0.717) is 6.61 Å². The van der Waals surface area contributed by atoms with Crippen LogP contribution in [0.3, 0.4) is 0 Å². The maximum absolute atomic E-state index is 5.96. The molecule has 1 aromatic rings. The van der Waals surface area contributed by atoms with Crippen LogP contribution in [0.5, 0.6) is 0 Å². The SMILES string of the molecule is C=C[C@H]1O[C@@H]2OC(C)(C)O[C@@H]2[C@H]1OCc1ccsc1. The zero-order valence-corrected chi connectivity index (χ0v) is 11.9. The van der Waals surface area contributed by atoms with Crippen molar-refractivity contribution in [1.82, 2.24) is 0 Å². The van der Waals surface area contributed by atoms with Crippen LogP contribution in [0.15, 0.2) is 29.5 Å². The summed E-state index contributed by atoms with van der Waals surface area (Å²) in [6.07, 6.45) is 0.812. The number of ether oxygens (including phenoxy) is 4. The first-order valence-corrected chi connectivity index (χ1v) is 7.30. The first-order valence-electron chi connectivity index (χ1n) is 6.35. The molecule has 3 heterocycles. The van der Waals surface area contributed by atoms with Gasteiger partial charge in [-0.15, -0.1) is 6.58 Å². The fourth-order valence-electron chi connectivity index (χ4n) is 2.45. The summed E-state index contributed by atoms with van der Waals surface area (Å²) >= 11 is 1.66. The summed E-state index contributed by atoms with van der Waals surface area (Å²) in [4.78, 5) is 0. The van der Waals surface area contributed by atoms with E-state index < -0.39 is 5.79 Å². The number of fused-ring (bicyclic) bond motifs is 1. The van der Waals surface area contributed by atoms with Gasteiger partial charge in [-0.25, -0.2) is 0 Å². The number of hydrogen-bond donors (Lipinski definition) is 0. The molecule has 0 bridgehead atoms. The first-order chi connectivity index (χ1) is 9.09. The topological polar surface area (TPSA) is 36.9 Å². The van der Waals surface area contributed by atoms with Gasteiger partial charge in [-0.1, -0.05) is 6.08 Å². The van der Waals surface area contributed by atoms with E-state index in [1.807, 2.05) is 19.2 Å². The van der Waals surface area contributed by atoms with Crippen LogP contribution in [-0.4, -0.2) is 30.4 Å². The highest BCUT2D eigenvalue weighted by Crippen LogP contribution is 2.39. The molecule has 0 spiro atoms. The van der Waals surface area contributed by atoms with Crippen molar-refractivity contribution in [3.8, 4) is 0 Å². The van der Waals surface area contributed by atoms with Gasteiger partial charge in [-0.05, 0) is 36.2 Å². The van der Waals surface area contributed by atoms with Crippen LogP contribution in [0.1, 0.15) is 19.4 Å². The predicted molar refractivity (Wildman–Crippen MR) is 71.8 cm³/mol. The summed E-state index contributed by atoms with van der Waals surface area (Å²) in [6, 6.07) is 2.05. The third kappa shape index (κ3) is 2.61. The zero-order chi connectivity index (χ0) is 13.5. The van der Waals surface area contributed by atoms with Crippen molar-refractivity contribution in [1.29, 1.82) is 0 Å². The minimum atomic E-state index is -0.620. The van der Waals surface area contributed by atoms with Crippen molar-refractivity contribution in [2.24, 2.45) is 0 Å². The number of thiophene rings is 1. The largest absolute Gasteiger partial charge is 0.368 e. The van der Waals surface area contributed by atoms with E-state index in [9.17, 15) is 0 Å². The maximum Gasteiger partial charge on any atom is 0.190 e. The molecule has 0 saturated carbocycles. The predicted octanol–water partition coefficient (Wildman–Crippen LogP) is 2.70. The van der Waals surface area contributed by atoms with Crippen molar-refractivity contribution >= 4 is 11.3 Å². The molecule has 2 aliphatic heterocycles. The van der Waals surface area contributed by atoms with Gasteiger partial charge < -0.3 is 18.9 Å². The van der Waals surface area contributed by atoms with Crippen molar-refractivity contribution in [2.75, 3.05) is 0 Å². The van der Waals surface area contributed by atoms with E-state index in [0.717, 1.165) is 5.56 Å². The Labute approximate surface area is 116 Å². The Bertz CT molecular complexity index is 442. The molecule has 1 aromatic heterocycles. The van der Waals surface area contributed by atoms with Gasteiger partial charge in [-0.3, -0.25) is 0 Å². The Kier molecular flexibility index (Phi) is 3.49. The van der Waals surface area contributed by atoms with Crippen LogP contribution in [0, 0.1) is 0 Å².